The zero-order chi connectivity index (χ0) is 11.3. The maximum atomic E-state index is 12.0. The summed E-state index contributed by atoms with van der Waals surface area (Å²) in [6, 6.07) is 0. The van der Waals surface area contributed by atoms with E-state index in [-0.39, 0.29) is 62.1 Å². The van der Waals surface area contributed by atoms with E-state index < -0.39 is 0 Å². The number of thiophene rings is 1. The minimum absolute atomic E-state index is 0. The number of fused-ring (bicyclic) bond motifs is 3. The van der Waals surface area contributed by atoms with Gasteiger partial charge in [-0.05, 0) is 31.2 Å². The van der Waals surface area contributed by atoms with Crippen molar-refractivity contribution in [3.05, 3.63) is 20.8 Å². The van der Waals surface area contributed by atoms with Gasteiger partial charge >= 0.3 is 51.4 Å². The summed E-state index contributed by atoms with van der Waals surface area (Å²) < 4.78 is 0.972. The predicted octanol–water partition coefficient (Wildman–Crippen LogP) is -2.04. The molecule has 0 saturated heterocycles. The molecule has 0 bridgehead atoms. The third kappa shape index (κ3) is 2.22. The van der Waals surface area contributed by atoms with E-state index in [4.69, 9.17) is 18.5 Å². The van der Waals surface area contributed by atoms with E-state index >= 15 is 0 Å². The summed E-state index contributed by atoms with van der Waals surface area (Å²) >= 11 is 6.53. The summed E-state index contributed by atoms with van der Waals surface area (Å²) in [4.78, 5) is 18.3. The number of nitrogen functional groups attached to an aromatic ring is 1. The fraction of sp³-hybridized carbons (Fsp3) is 0.400. The molecule has 2 N–H and O–H groups in total. The van der Waals surface area contributed by atoms with Crippen LogP contribution in [0.25, 0.3) is 10.2 Å². The Kier molecular flexibility index (Phi) is 4.29. The quantitative estimate of drug-likeness (QED) is 0.263. The molecule has 0 fully saturated rings. The van der Waals surface area contributed by atoms with Crippen LogP contribution in [0.2, 0.25) is 0 Å². The van der Waals surface area contributed by atoms with Gasteiger partial charge in [-0.2, -0.15) is 0 Å². The molecule has 0 aliphatic heterocycles. The number of rotatable bonds is 0. The zero-order valence-corrected chi connectivity index (χ0v) is 14.3. The van der Waals surface area contributed by atoms with Gasteiger partial charge in [-0.3, -0.25) is 4.79 Å². The molecule has 2 aromatic heterocycles. The summed E-state index contributed by atoms with van der Waals surface area (Å²) in [7, 11) is 0. The van der Waals surface area contributed by atoms with Gasteiger partial charge in [-0.1, -0.05) is 0 Å². The van der Waals surface area contributed by atoms with Gasteiger partial charge in [0.2, 0.25) is 0 Å². The second-order valence-electron chi connectivity index (χ2n) is 3.96. The van der Waals surface area contributed by atoms with Crippen LogP contribution in [-0.2, 0) is 25.5 Å². The van der Waals surface area contributed by atoms with Crippen LogP contribution in [0.1, 0.15) is 23.3 Å². The summed E-state index contributed by atoms with van der Waals surface area (Å²) in [6.07, 6.45) is 4.34. The van der Waals surface area contributed by atoms with Gasteiger partial charge in [0.15, 0.2) is 0 Å². The Labute approximate surface area is 150 Å². The molecule has 0 radical (unpaired) electrons. The number of hydrogen-bond donors (Lipinski definition) is 1. The van der Waals surface area contributed by atoms with E-state index in [1.54, 1.807) is 11.3 Å². The van der Waals surface area contributed by atoms with Crippen molar-refractivity contribution in [1.82, 2.24) is 9.66 Å². The van der Waals surface area contributed by atoms with Crippen LogP contribution in [-0.4, -0.2) is 9.66 Å². The topological polar surface area (TPSA) is 60.9 Å². The van der Waals surface area contributed by atoms with Crippen molar-refractivity contribution >= 4 is 34.2 Å². The Morgan fingerprint density at radius 1 is 1.35 bits per heavy atom. The molecular weight excluding hydrogens is 281 g/mol. The molecule has 4 nitrogen and oxygen atoms in total. The monoisotopic (exact) mass is 291 g/mol. The standard InChI is InChI=1S/C10H11N3OS2.K/c11-13-9(14)7-5-3-1-2-4-6(5)16-8(7)12-10(13)15;/h1-4,11H2,(H,12,15);/q;+1/p-1. The SMILES string of the molecule is Nn1c([S-])nc2sc3c(c2c1=O)CCCC3.[K+]. The van der Waals surface area contributed by atoms with Gasteiger partial charge in [0.05, 0.1) is 5.39 Å². The maximum Gasteiger partial charge on any atom is 1.00 e. The van der Waals surface area contributed by atoms with Crippen molar-refractivity contribution in [2.75, 3.05) is 5.84 Å². The predicted molar refractivity (Wildman–Crippen MR) is 66.3 cm³/mol. The van der Waals surface area contributed by atoms with E-state index in [0.717, 1.165) is 34.3 Å². The summed E-state index contributed by atoms with van der Waals surface area (Å²) in [5.41, 5.74) is 0.951. The summed E-state index contributed by atoms with van der Waals surface area (Å²) in [5, 5.41) is 0.854. The minimum Gasteiger partial charge on any atom is -0.740 e. The number of hydrogen-bond acceptors (Lipinski definition) is 5. The first-order chi connectivity index (χ1) is 7.68. The zero-order valence-electron chi connectivity index (χ0n) is 9.52. The second-order valence-corrected chi connectivity index (χ2v) is 5.41. The molecule has 0 amide bonds. The third-order valence-electron chi connectivity index (χ3n) is 2.99. The van der Waals surface area contributed by atoms with Crippen LogP contribution < -0.4 is 62.8 Å². The van der Waals surface area contributed by atoms with Crippen molar-refractivity contribution in [2.45, 2.75) is 30.8 Å². The molecule has 2 heterocycles. The molecule has 0 unspecified atom stereocenters. The molecule has 1 aliphatic rings. The Balaban J connectivity index is 0.00000108. The molecule has 7 heteroatoms. The molecule has 2 aromatic rings. The number of nitrogens with zero attached hydrogens (tertiary/aromatic N) is 2. The Morgan fingerprint density at radius 3 is 2.82 bits per heavy atom. The molecule has 0 aromatic carbocycles. The smallest absolute Gasteiger partial charge is 0.740 e. The van der Waals surface area contributed by atoms with Gasteiger partial charge < -0.3 is 18.5 Å². The van der Waals surface area contributed by atoms with E-state index in [1.165, 1.54) is 11.3 Å². The Hall–Kier alpha value is 0.496. The Bertz CT molecular complexity index is 634. The molecule has 17 heavy (non-hydrogen) atoms. The molecular formula is C10H10KN3OS2. The van der Waals surface area contributed by atoms with Gasteiger partial charge in [0.25, 0.3) is 5.56 Å². The number of aryl methyl sites for hydroxylation is 2. The van der Waals surface area contributed by atoms with Crippen molar-refractivity contribution in [3.8, 4) is 0 Å². The van der Waals surface area contributed by atoms with Gasteiger partial charge in [0, 0.05) is 10.0 Å². The second kappa shape index (κ2) is 5.24. The average Bonchev–Trinajstić information content (AvgIpc) is 2.64. The molecule has 0 spiro atoms. The van der Waals surface area contributed by atoms with E-state index in [2.05, 4.69) is 4.98 Å². The Morgan fingerprint density at radius 2 is 2.06 bits per heavy atom. The van der Waals surface area contributed by atoms with Crippen molar-refractivity contribution in [3.63, 3.8) is 0 Å². The maximum absolute atomic E-state index is 12.0. The molecule has 0 saturated carbocycles. The van der Waals surface area contributed by atoms with E-state index in [0.29, 0.717) is 5.39 Å². The first-order valence-corrected chi connectivity index (χ1v) is 6.40. The van der Waals surface area contributed by atoms with Crippen molar-refractivity contribution in [1.29, 1.82) is 0 Å². The first-order valence-electron chi connectivity index (χ1n) is 5.18. The average molecular weight is 291 g/mol. The third-order valence-corrected chi connectivity index (χ3v) is 4.46. The van der Waals surface area contributed by atoms with Crippen LogP contribution in [0.3, 0.4) is 0 Å². The summed E-state index contributed by atoms with van der Waals surface area (Å²) in [6.45, 7) is 0. The normalized spacial score (nSPS) is 14.4. The summed E-state index contributed by atoms with van der Waals surface area (Å²) in [5.74, 6) is 5.58. The number of aromatic nitrogens is 2. The van der Waals surface area contributed by atoms with Crippen LogP contribution in [0, 0.1) is 0 Å². The van der Waals surface area contributed by atoms with E-state index in [9.17, 15) is 4.79 Å². The van der Waals surface area contributed by atoms with Gasteiger partial charge in [-0.25, -0.2) is 9.66 Å². The van der Waals surface area contributed by atoms with Gasteiger partial charge in [-0.15, -0.1) is 11.3 Å². The van der Waals surface area contributed by atoms with Crippen LogP contribution in [0.15, 0.2) is 9.95 Å². The largest absolute Gasteiger partial charge is 1.00 e. The fourth-order valence-electron chi connectivity index (χ4n) is 2.20. The molecule has 1 aliphatic carbocycles. The first kappa shape index (κ1) is 13.9. The molecule has 0 atom stereocenters. The molecule has 3 rings (SSSR count). The molecule has 84 valence electrons. The minimum atomic E-state index is -0.200. The van der Waals surface area contributed by atoms with Crippen LogP contribution in [0.5, 0.6) is 0 Å². The van der Waals surface area contributed by atoms with E-state index in [1.807, 2.05) is 0 Å². The van der Waals surface area contributed by atoms with Crippen LogP contribution >= 0.6 is 11.3 Å². The van der Waals surface area contributed by atoms with Gasteiger partial charge in [0.1, 0.15) is 4.83 Å². The fourth-order valence-corrected chi connectivity index (χ4v) is 3.68. The van der Waals surface area contributed by atoms with Crippen LogP contribution in [0.4, 0.5) is 0 Å². The van der Waals surface area contributed by atoms with Crippen molar-refractivity contribution in [2.24, 2.45) is 0 Å². The van der Waals surface area contributed by atoms with Crippen molar-refractivity contribution < 1.29 is 51.4 Å². The number of nitrogens with two attached hydrogens (primary N) is 1.